The fraction of sp³-hybridized carbons (Fsp3) is 0.474. The number of fused-ring (bicyclic) bond motifs is 1. The largest absolute Gasteiger partial charge is 0.342 e. The Bertz CT molecular complexity index is 865. The van der Waals surface area contributed by atoms with E-state index in [0.29, 0.717) is 24.1 Å². The van der Waals surface area contributed by atoms with Gasteiger partial charge in [0.05, 0.1) is 5.39 Å². The Morgan fingerprint density at radius 3 is 2.72 bits per heavy atom. The van der Waals surface area contributed by atoms with Crippen LogP contribution in [0, 0.1) is 5.92 Å². The molecule has 130 valence electrons. The van der Waals surface area contributed by atoms with Gasteiger partial charge >= 0.3 is 0 Å². The Hall–Kier alpha value is -2.50. The Balaban J connectivity index is 1.47. The molecule has 1 saturated heterocycles. The van der Waals surface area contributed by atoms with Crippen molar-refractivity contribution in [3.05, 3.63) is 47.2 Å². The summed E-state index contributed by atoms with van der Waals surface area (Å²) in [5.74, 6) is 0.411. The fourth-order valence-corrected chi connectivity index (χ4v) is 3.88. The maximum absolute atomic E-state index is 12.7. The number of piperidine rings is 1. The summed E-state index contributed by atoms with van der Waals surface area (Å²) in [5, 5.41) is 0.553. The van der Waals surface area contributed by atoms with Gasteiger partial charge in [0, 0.05) is 31.2 Å². The summed E-state index contributed by atoms with van der Waals surface area (Å²) < 4.78 is 1.72. The summed E-state index contributed by atoms with van der Waals surface area (Å²) >= 11 is 0. The minimum absolute atomic E-state index is 0.0414. The topological polar surface area (TPSA) is 68.1 Å². The molecule has 0 unspecified atom stereocenters. The molecule has 1 aliphatic carbocycles. The summed E-state index contributed by atoms with van der Waals surface area (Å²) in [7, 11) is 0. The van der Waals surface area contributed by atoms with Crippen molar-refractivity contribution in [2.75, 3.05) is 13.1 Å². The van der Waals surface area contributed by atoms with Crippen molar-refractivity contribution < 1.29 is 4.79 Å². The molecule has 1 aliphatic heterocycles. The van der Waals surface area contributed by atoms with Gasteiger partial charge in [0.15, 0.2) is 5.65 Å². The second-order valence-electron chi connectivity index (χ2n) is 6.87. The summed E-state index contributed by atoms with van der Waals surface area (Å²) in [6.07, 6.45) is 11.9. The van der Waals surface area contributed by atoms with Crippen LogP contribution in [0.1, 0.15) is 38.1 Å². The molecule has 6 nitrogen and oxygen atoms in total. The number of hydrogen-bond acceptors (Lipinski definition) is 4. The zero-order chi connectivity index (χ0) is 17.2. The lowest BCUT2D eigenvalue weighted by Gasteiger charge is -2.35. The number of hydrogen-bond donors (Lipinski definition) is 0. The van der Waals surface area contributed by atoms with E-state index in [-0.39, 0.29) is 23.4 Å². The predicted octanol–water partition coefficient (Wildman–Crippen LogP) is 2.31. The number of amides is 1. The Morgan fingerprint density at radius 1 is 1.12 bits per heavy atom. The lowest BCUT2D eigenvalue weighted by Crippen LogP contribution is -2.43. The van der Waals surface area contributed by atoms with Crippen LogP contribution in [-0.4, -0.2) is 38.4 Å². The normalized spacial score (nSPS) is 21.6. The molecule has 1 amide bonds. The molecule has 0 spiro atoms. The van der Waals surface area contributed by atoms with E-state index in [1.807, 2.05) is 4.90 Å². The number of aromatic nitrogens is 3. The summed E-state index contributed by atoms with van der Waals surface area (Å²) in [5.41, 5.74) is 0.446. The first-order valence-electron chi connectivity index (χ1n) is 8.99. The molecule has 0 bridgehead atoms. The van der Waals surface area contributed by atoms with Crippen LogP contribution < -0.4 is 5.56 Å². The van der Waals surface area contributed by atoms with Crippen molar-refractivity contribution in [2.24, 2.45) is 5.92 Å². The number of nitrogens with zero attached hydrogens (tertiary/aromatic N) is 4. The standard InChI is InChI=1S/C19H22N4O2/c24-18(14-5-2-1-3-6-14)22-11-8-15(9-12-22)23-13-21-17-16(19(23)25)7-4-10-20-17/h1-2,4,7,10,13-15H,3,5-6,8-9,11-12H2/t14-/m1/s1. The van der Waals surface area contributed by atoms with E-state index >= 15 is 0 Å². The number of allylic oxidation sites excluding steroid dienone is 2. The first-order valence-corrected chi connectivity index (χ1v) is 8.99. The number of likely N-dealkylation sites (tertiary alicyclic amines) is 1. The van der Waals surface area contributed by atoms with Gasteiger partial charge in [-0.25, -0.2) is 9.97 Å². The average Bonchev–Trinajstić information content (AvgIpc) is 2.69. The molecular weight excluding hydrogens is 316 g/mol. The molecule has 0 radical (unpaired) electrons. The minimum Gasteiger partial charge on any atom is -0.342 e. The monoisotopic (exact) mass is 338 g/mol. The van der Waals surface area contributed by atoms with Gasteiger partial charge < -0.3 is 4.90 Å². The van der Waals surface area contributed by atoms with Crippen molar-refractivity contribution in [2.45, 2.75) is 38.1 Å². The van der Waals surface area contributed by atoms with Crippen LogP contribution in [0.5, 0.6) is 0 Å². The Labute approximate surface area is 146 Å². The van der Waals surface area contributed by atoms with Crippen LogP contribution in [-0.2, 0) is 4.79 Å². The van der Waals surface area contributed by atoms with Crippen LogP contribution in [0.4, 0.5) is 0 Å². The van der Waals surface area contributed by atoms with E-state index in [4.69, 9.17) is 0 Å². The number of carbonyl (C=O) groups is 1. The number of pyridine rings is 1. The summed E-state index contributed by atoms with van der Waals surface area (Å²) in [4.78, 5) is 35.7. The predicted molar refractivity (Wildman–Crippen MR) is 95.1 cm³/mol. The zero-order valence-electron chi connectivity index (χ0n) is 14.2. The van der Waals surface area contributed by atoms with Crippen molar-refractivity contribution in [3.8, 4) is 0 Å². The third-order valence-corrected chi connectivity index (χ3v) is 5.34. The second kappa shape index (κ2) is 6.78. The molecule has 25 heavy (non-hydrogen) atoms. The van der Waals surface area contributed by atoms with Gasteiger partial charge in [-0.3, -0.25) is 14.2 Å². The molecule has 6 heteroatoms. The van der Waals surface area contributed by atoms with Gasteiger partial charge in [-0.1, -0.05) is 12.2 Å². The third-order valence-electron chi connectivity index (χ3n) is 5.34. The first kappa shape index (κ1) is 16.0. The maximum atomic E-state index is 12.7. The molecule has 0 N–H and O–H groups in total. The van der Waals surface area contributed by atoms with Crippen molar-refractivity contribution in [1.29, 1.82) is 0 Å². The zero-order valence-corrected chi connectivity index (χ0v) is 14.2. The highest BCUT2D eigenvalue weighted by Gasteiger charge is 2.29. The fourth-order valence-electron chi connectivity index (χ4n) is 3.88. The lowest BCUT2D eigenvalue weighted by molar-refractivity contribution is -0.137. The molecule has 0 aromatic carbocycles. The molecule has 1 fully saturated rings. The highest BCUT2D eigenvalue weighted by molar-refractivity contribution is 5.79. The van der Waals surface area contributed by atoms with Gasteiger partial charge in [-0.05, 0) is 44.2 Å². The summed E-state index contributed by atoms with van der Waals surface area (Å²) in [6, 6.07) is 3.62. The number of rotatable bonds is 2. The molecule has 3 heterocycles. The quantitative estimate of drug-likeness (QED) is 0.788. The smallest absolute Gasteiger partial charge is 0.263 e. The van der Waals surface area contributed by atoms with Crippen LogP contribution in [0.2, 0.25) is 0 Å². The highest BCUT2D eigenvalue weighted by Crippen LogP contribution is 2.26. The minimum atomic E-state index is -0.0414. The Kier molecular flexibility index (Phi) is 4.34. The van der Waals surface area contributed by atoms with Gasteiger partial charge in [-0.2, -0.15) is 0 Å². The lowest BCUT2D eigenvalue weighted by atomic mass is 9.92. The van der Waals surface area contributed by atoms with Crippen LogP contribution >= 0.6 is 0 Å². The molecular formula is C19H22N4O2. The van der Waals surface area contributed by atoms with Gasteiger partial charge in [0.2, 0.25) is 5.91 Å². The van der Waals surface area contributed by atoms with E-state index in [1.54, 1.807) is 29.2 Å². The van der Waals surface area contributed by atoms with E-state index in [0.717, 1.165) is 32.1 Å². The van der Waals surface area contributed by atoms with E-state index in [1.165, 1.54) is 0 Å². The van der Waals surface area contributed by atoms with Crippen molar-refractivity contribution in [1.82, 2.24) is 19.4 Å². The average molecular weight is 338 g/mol. The van der Waals surface area contributed by atoms with Crippen molar-refractivity contribution in [3.63, 3.8) is 0 Å². The van der Waals surface area contributed by atoms with Crippen LogP contribution in [0.3, 0.4) is 0 Å². The van der Waals surface area contributed by atoms with E-state index < -0.39 is 0 Å². The molecule has 1 atom stereocenters. The van der Waals surface area contributed by atoms with Crippen molar-refractivity contribution >= 4 is 16.9 Å². The molecule has 0 saturated carbocycles. The molecule has 2 aromatic rings. The Morgan fingerprint density at radius 2 is 1.96 bits per heavy atom. The van der Waals surface area contributed by atoms with E-state index in [2.05, 4.69) is 22.1 Å². The highest BCUT2D eigenvalue weighted by atomic mass is 16.2. The maximum Gasteiger partial charge on any atom is 0.263 e. The van der Waals surface area contributed by atoms with Gasteiger partial charge in [0.25, 0.3) is 5.56 Å². The molecule has 2 aliphatic rings. The van der Waals surface area contributed by atoms with Crippen LogP contribution in [0.15, 0.2) is 41.6 Å². The van der Waals surface area contributed by atoms with Gasteiger partial charge in [-0.15, -0.1) is 0 Å². The summed E-state index contributed by atoms with van der Waals surface area (Å²) in [6.45, 7) is 1.42. The van der Waals surface area contributed by atoms with E-state index in [9.17, 15) is 9.59 Å². The second-order valence-corrected chi connectivity index (χ2v) is 6.87. The SMILES string of the molecule is O=C([C@@H]1CC=CCC1)N1CCC(n2cnc3ncccc3c2=O)CC1. The first-order chi connectivity index (χ1) is 12.2. The third kappa shape index (κ3) is 3.08. The molecule has 4 rings (SSSR count). The number of carbonyl (C=O) groups excluding carboxylic acids is 1. The van der Waals surface area contributed by atoms with Crippen LogP contribution in [0.25, 0.3) is 11.0 Å². The molecule has 2 aromatic heterocycles. The van der Waals surface area contributed by atoms with Gasteiger partial charge in [0.1, 0.15) is 6.33 Å².